The number of pyridine rings is 1. The SMILES string of the molecule is COc1ccc(Nc2nccc(C)c2N)cc1C. The van der Waals surface area contributed by atoms with Crippen LogP contribution in [0.2, 0.25) is 0 Å². The summed E-state index contributed by atoms with van der Waals surface area (Å²) in [6.45, 7) is 3.96. The van der Waals surface area contributed by atoms with Gasteiger partial charge in [0.25, 0.3) is 0 Å². The molecule has 18 heavy (non-hydrogen) atoms. The molecule has 0 bridgehead atoms. The molecule has 1 heterocycles. The van der Waals surface area contributed by atoms with Crippen LogP contribution in [0.3, 0.4) is 0 Å². The Balaban J connectivity index is 2.29. The van der Waals surface area contributed by atoms with Crippen molar-refractivity contribution in [2.24, 2.45) is 0 Å². The number of rotatable bonds is 3. The lowest BCUT2D eigenvalue weighted by Crippen LogP contribution is -2.01. The van der Waals surface area contributed by atoms with Gasteiger partial charge in [0, 0.05) is 11.9 Å². The molecule has 0 fully saturated rings. The van der Waals surface area contributed by atoms with E-state index in [1.54, 1.807) is 13.3 Å². The van der Waals surface area contributed by atoms with Crippen LogP contribution in [0.1, 0.15) is 11.1 Å². The zero-order chi connectivity index (χ0) is 13.1. The fourth-order valence-corrected chi connectivity index (χ4v) is 1.76. The number of nitrogen functional groups attached to an aromatic ring is 1. The van der Waals surface area contributed by atoms with Crippen molar-refractivity contribution in [3.05, 3.63) is 41.6 Å². The Morgan fingerprint density at radius 1 is 1.17 bits per heavy atom. The minimum atomic E-state index is 0.672. The van der Waals surface area contributed by atoms with E-state index in [9.17, 15) is 0 Å². The van der Waals surface area contributed by atoms with Gasteiger partial charge in [0.2, 0.25) is 0 Å². The highest BCUT2D eigenvalue weighted by atomic mass is 16.5. The maximum atomic E-state index is 5.97. The van der Waals surface area contributed by atoms with E-state index in [0.717, 1.165) is 22.6 Å². The molecule has 2 rings (SSSR count). The van der Waals surface area contributed by atoms with Gasteiger partial charge in [-0.3, -0.25) is 0 Å². The molecule has 0 saturated heterocycles. The van der Waals surface area contributed by atoms with Crippen LogP contribution >= 0.6 is 0 Å². The lowest BCUT2D eigenvalue weighted by molar-refractivity contribution is 0.412. The summed E-state index contributed by atoms with van der Waals surface area (Å²) >= 11 is 0. The third kappa shape index (κ3) is 2.37. The molecule has 0 atom stereocenters. The number of aromatic nitrogens is 1. The van der Waals surface area contributed by atoms with Crippen molar-refractivity contribution in [2.45, 2.75) is 13.8 Å². The average Bonchev–Trinajstić information content (AvgIpc) is 2.35. The van der Waals surface area contributed by atoms with E-state index >= 15 is 0 Å². The monoisotopic (exact) mass is 243 g/mol. The lowest BCUT2D eigenvalue weighted by atomic mass is 10.2. The largest absolute Gasteiger partial charge is 0.496 e. The Morgan fingerprint density at radius 3 is 2.61 bits per heavy atom. The van der Waals surface area contributed by atoms with Crippen molar-refractivity contribution < 1.29 is 4.74 Å². The van der Waals surface area contributed by atoms with Crippen LogP contribution in [0.15, 0.2) is 30.5 Å². The van der Waals surface area contributed by atoms with Crippen molar-refractivity contribution >= 4 is 17.2 Å². The molecule has 3 N–H and O–H groups in total. The fourth-order valence-electron chi connectivity index (χ4n) is 1.76. The van der Waals surface area contributed by atoms with E-state index in [2.05, 4.69) is 10.3 Å². The summed E-state index contributed by atoms with van der Waals surface area (Å²) in [4.78, 5) is 4.24. The van der Waals surface area contributed by atoms with E-state index in [0.29, 0.717) is 11.5 Å². The number of nitrogens with zero attached hydrogens (tertiary/aromatic N) is 1. The smallest absolute Gasteiger partial charge is 0.153 e. The first-order chi connectivity index (χ1) is 8.61. The molecular formula is C14H17N3O. The van der Waals surface area contributed by atoms with E-state index in [1.807, 2.05) is 38.1 Å². The molecule has 0 amide bonds. The van der Waals surface area contributed by atoms with E-state index < -0.39 is 0 Å². The minimum Gasteiger partial charge on any atom is -0.496 e. The summed E-state index contributed by atoms with van der Waals surface area (Å²) in [5, 5.41) is 3.21. The summed E-state index contributed by atoms with van der Waals surface area (Å²) in [6, 6.07) is 7.75. The van der Waals surface area contributed by atoms with Crippen LogP contribution in [0.25, 0.3) is 0 Å². The van der Waals surface area contributed by atoms with E-state index in [1.165, 1.54) is 0 Å². The van der Waals surface area contributed by atoms with Crippen LogP contribution in [0.5, 0.6) is 5.75 Å². The average molecular weight is 243 g/mol. The van der Waals surface area contributed by atoms with Gasteiger partial charge < -0.3 is 15.8 Å². The van der Waals surface area contributed by atoms with Crippen molar-refractivity contribution in [2.75, 3.05) is 18.2 Å². The topological polar surface area (TPSA) is 60.2 Å². The highest BCUT2D eigenvalue weighted by Crippen LogP contribution is 2.26. The van der Waals surface area contributed by atoms with Crippen molar-refractivity contribution in [1.29, 1.82) is 0 Å². The number of hydrogen-bond donors (Lipinski definition) is 2. The van der Waals surface area contributed by atoms with E-state index in [4.69, 9.17) is 10.5 Å². The molecular weight excluding hydrogens is 226 g/mol. The normalized spacial score (nSPS) is 10.2. The number of ether oxygens (including phenoxy) is 1. The molecule has 94 valence electrons. The number of hydrogen-bond acceptors (Lipinski definition) is 4. The first-order valence-electron chi connectivity index (χ1n) is 5.74. The number of nitrogens with one attached hydrogen (secondary N) is 1. The Hall–Kier alpha value is -2.23. The molecule has 0 aliphatic carbocycles. The number of aryl methyl sites for hydroxylation is 2. The highest BCUT2D eigenvalue weighted by Gasteiger charge is 2.05. The lowest BCUT2D eigenvalue weighted by Gasteiger charge is -2.11. The Kier molecular flexibility index (Phi) is 3.37. The van der Waals surface area contributed by atoms with Gasteiger partial charge in [-0.25, -0.2) is 4.98 Å². The first kappa shape index (κ1) is 12.2. The molecule has 4 heteroatoms. The third-order valence-corrected chi connectivity index (χ3v) is 2.87. The van der Waals surface area contributed by atoms with Gasteiger partial charge in [0.05, 0.1) is 12.8 Å². The molecule has 0 aliphatic heterocycles. The van der Waals surface area contributed by atoms with Crippen LogP contribution in [-0.4, -0.2) is 12.1 Å². The van der Waals surface area contributed by atoms with Gasteiger partial charge in [-0.2, -0.15) is 0 Å². The van der Waals surface area contributed by atoms with Gasteiger partial charge in [0.15, 0.2) is 5.82 Å². The van der Waals surface area contributed by atoms with Crippen LogP contribution in [-0.2, 0) is 0 Å². The maximum absolute atomic E-state index is 5.97. The predicted molar refractivity (Wildman–Crippen MR) is 74.4 cm³/mol. The summed E-state index contributed by atoms with van der Waals surface area (Å²) in [6.07, 6.45) is 1.74. The van der Waals surface area contributed by atoms with Crippen molar-refractivity contribution in [3.63, 3.8) is 0 Å². The Labute approximate surface area is 107 Å². The number of methoxy groups -OCH3 is 1. The molecule has 4 nitrogen and oxygen atoms in total. The first-order valence-corrected chi connectivity index (χ1v) is 5.74. The zero-order valence-corrected chi connectivity index (χ0v) is 10.8. The number of anilines is 3. The van der Waals surface area contributed by atoms with Crippen LogP contribution < -0.4 is 15.8 Å². The number of benzene rings is 1. The molecule has 2 aromatic rings. The summed E-state index contributed by atoms with van der Waals surface area (Å²) in [5.41, 5.74) is 9.67. The van der Waals surface area contributed by atoms with Crippen LogP contribution in [0.4, 0.5) is 17.2 Å². The predicted octanol–water partition coefficient (Wildman–Crippen LogP) is 3.03. The number of nitrogens with two attached hydrogens (primary N) is 1. The quantitative estimate of drug-likeness (QED) is 0.869. The Bertz CT molecular complexity index is 567. The summed E-state index contributed by atoms with van der Waals surface area (Å²) in [5.74, 6) is 1.55. The van der Waals surface area contributed by atoms with Gasteiger partial charge in [-0.15, -0.1) is 0 Å². The van der Waals surface area contributed by atoms with Crippen LogP contribution in [0, 0.1) is 13.8 Å². The maximum Gasteiger partial charge on any atom is 0.153 e. The Morgan fingerprint density at radius 2 is 1.94 bits per heavy atom. The van der Waals surface area contributed by atoms with E-state index in [-0.39, 0.29) is 0 Å². The summed E-state index contributed by atoms with van der Waals surface area (Å²) in [7, 11) is 1.66. The molecule has 0 saturated carbocycles. The molecule has 1 aromatic heterocycles. The molecule has 0 unspecified atom stereocenters. The second-order valence-electron chi connectivity index (χ2n) is 4.20. The van der Waals surface area contributed by atoms with Gasteiger partial charge in [-0.05, 0) is 49.2 Å². The van der Waals surface area contributed by atoms with Gasteiger partial charge >= 0.3 is 0 Å². The zero-order valence-electron chi connectivity index (χ0n) is 10.8. The molecule has 0 spiro atoms. The fraction of sp³-hybridized carbons (Fsp3) is 0.214. The highest BCUT2D eigenvalue weighted by molar-refractivity contribution is 5.71. The van der Waals surface area contributed by atoms with Crippen molar-refractivity contribution in [3.8, 4) is 5.75 Å². The van der Waals surface area contributed by atoms with Crippen molar-refractivity contribution in [1.82, 2.24) is 4.98 Å². The molecule has 1 aromatic carbocycles. The molecule has 0 aliphatic rings. The minimum absolute atomic E-state index is 0.672. The molecule has 0 radical (unpaired) electrons. The van der Waals surface area contributed by atoms with Gasteiger partial charge in [0.1, 0.15) is 5.75 Å². The summed E-state index contributed by atoms with van der Waals surface area (Å²) < 4.78 is 5.22. The van der Waals surface area contributed by atoms with Gasteiger partial charge in [-0.1, -0.05) is 0 Å². The standard InChI is InChI=1S/C14H17N3O/c1-9-6-7-16-14(13(9)15)17-11-4-5-12(18-3)10(2)8-11/h4-8H,15H2,1-3H3,(H,16,17). The second-order valence-corrected chi connectivity index (χ2v) is 4.20. The third-order valence-electron chi connectivity index (χ3n) is 2.87. The second kappa shape index (κ2) is 4.96.